The molecule has 4 heterocycles. The summed E-state index contributed by atoms with van der Waals surface area (Å²) in [7, 11) is 0. The van der Waals surface area contributed by atoms with Crippen molar-refractivity contribution in [2.75, 3.05) is 0 Å². The van der Waals surface area contributed by atoms with E-state index in [1.165, 1.54) is 38.3 Å². The van der Waals surface area contributed by atoms with E-state index >= 15 is 0 Å². The molecule has 0 atom stereocenters. The van der Waals surface area contributed by atoms with Crippen LogP contribution in [0.5, 0.6) is 0 Å². The van der Waals surface area contributed by atoms with Crippen LogP contribution in [0.3, 0.4) is 0 Å². The maximum Gasteiger partial charge on any atom is 0.0464 e. The molecular formula is C18H18S4. The molecule has 4 aromatic rings. The summed E-state index contributed by atoms with van der Waals surface area (Å²) < 4.78 is 5.79. The molecule has 0 nitrogen and oxygen atoms in total. The van der Waals surface area contributed by atoms with Gasteiger partial charge in [0.25, 0.3) is 0 Å². The zero-order valence-corrected chi connectivity index (χ0v) is 16.4. The first-order chi connectivity index (χ1) is 10.5. The molecule has 0 aliphatic carbocycles. The molecule has 0 N–H and O–H groups in total. The maximum atomic E-state index is 2.38. The van der Waals surface area contributed by atoms with Gasteiger partial charge in [-0.25, -0.2) is 0 Å². The van der Waals surface area contributed by atoms with Crippen molar-refractivity contribution in [3.8, 4) is 9.75 Å². The Balaban J connectivity index is 1.74. The molecule has 0 saturated carbocycles. The van der Waals surface area contributed by atoms with Crippen molar-refractivity contribution in [3.05, 3.63) is 34.0 Å². The van der Waals surface area contributed by atoms with Gasteiger partial charge in [0.15, 0.2) is 0 Å². The van der Waals surface area contributed by atoms with Gasteiger partial charge in [-0.3, -0.25) is 0 Å². The van der Waals surface area contributed by atoms with Crippen LogP contribution in [0.1, 0.15) is 49.3 Å². The van der Waals surface area contributed by atoms with Crippen LogP contribution >= 0.6 is 45.3 Å². The number of hydrogen-bond acceptors (Lipinski definition) is 4. The Kier molecular flexibility index (Phi) is 3.68. The van der Waals surface area contributed by atoms with Crippen LogP contribution in [0.2, 0.25) is 0 Å². The summed E-state index contributed by atoms with van der Waals surface area (Å²) >= 11 is 7.79. The molecule has 0 fully saturated rings. The van der Waals surface area contributed by atoms with Gasteiger partial charge in [-0.1, -0.05) is 27.7 Å². The number of thiophene rings is 4. The highest BCUT2D eigenvalue weighted by atomic mass is 32.1. The smallest absolute Gasteiger partial charge is 0.0464 e. The molecule has 114 valence electrons. The zero-order valence-electron chi connectivity index (χ0n) is 13.1. The topological polar surface area (TPSA) is 0 Å². The van der Waals surface area contributed by atoms with Crippen LogP contribution < -0.4 is 0 Å². The second kappa shape index (κ2) is 5.45. The Labute approximate surface area is 147 Å². The second-order valence-corrected chi connectivity index (χ2v) is 10.7. The highest BCUT2D eigenvalue weighted by molar-refractivity contribution is 7.34. The quantitative estimate of drug-likeness (QED) is 0.345. The number of fused-ring (bicyclic) bond motifs is 2. The summed E-state index contributed by atoms with van der Waals surface area (Å²) in [4.78, 5) is 5.86. The largest absolute Gasteiger partial charge is 0.139 e. The van der Waals surface area contributed by atoms with Crippen molar-refractivity contribution in [1.82, 2.24) is 0 Å². The fourth-order valence-electron chi connectivity index (χ4n) is 2.52. The molecule has 0 spiro atoms. The lowest BCUT2D eigenvalue weighted by molar-refractivity contribution is 0.890. The van der Waals surface area contributed by atoms with Crippen molar-refractivity contribution >= 4 is 64.1 Å². The average Bonchev–Trinajstić information content (AvgIpc) is 3.14. The summed E-state index contributed by atoms with van der Waals surface area (Å²) in [6.07, 6.45) is 0. The van der Waals surface area contributed by atoms with E-state index in [1.54, 1.807) is 0 Å². The van der Waals surface area contributed by atoms with E-state index in [-0.39, 0.29) is 0 Å². The minimum atomic E-state index is 0.634. The third-order valence-corrected chi connectivity index (χ3v) is 9.22. The van der Waals surface area contributed by atoms with Crippen LogP contribution in [0.25, 0.3) is 28.6 Å². The van der Waals surface area contributed by atoms with Gasteiger partial charge in [-0.2, -0.15) is 0 Å². The van der Waals surface area contributed by atoms with Gasteiger partial charge < -0.3 is 0 Å². The van der Waals surface area contributed by atoms with Crippen molar-refractivity contribution in [2.45, 2.75) is 39.5 Å². The van der Waals surface area contributed by atoms with Gasteiger partial charge in [-0.15, -0.1) is 45.3 Å². The predicted octanol–water partition coefficient (Wildman–Crippen LogP) is 8.15. The van der Waals surface area contributed by atoms with Gasteiger partial charge in [-0.05, 0) is 36.1 Å². The lowest BCUT2D eigenvalue weighted by Gasteiger charge is -1.97. The molecule has 4 rings (SSSR count). The molecule has 0 bridgehead atoms. The predicted molar refractivity (Wildman–Crippen MR) is 107 cm³/mol. The zero-order chi connectivity index (χ0) is 15.4. The van der Waals surface area contributed by atoms with Gasteiger partial charge in [0, 0.05) is 38.3 Å². The van der Waals surface area contributed by atoms with Crippen molar-refractivity contribution in [2.24, 2.45) is 0 Å². The standard InChI is InChI=1S/C18H18S4/c1-9(2)11-5-13-15(19-11)7-17(21-13)18-8-16-14(22-18)6-12(20-16)10(3)4/h5-10H,1-4H3. The highest BCUT2D eigenvalue weighted by Crippen LogP contribution is 2.45. The third-order valence-electron chi connectivity index (χ3n) is 3.83. The number of rotatable bonds is 3. The molecule has 0 amide bonds. The van der Waals surface area contributed by atoms with Gasteiger partial charge >= 0.3 is 0 Å². The average molecular weight is 363 g/mol. The lowest BCUT2D eigenvalue weighted by atomic mass is 10.2. The van der Waals surface area contributed by atoms with Gasteiger partial charge in [0.05, 0.1) is 0 Å². The molecule has 22 heavy (non-hydrogen) atoms. The summed E-state index contributed by atoms with van der Waals surface area (Å²) in [6.45, 7) is 9.10. The lowest BCUT2D eigenvalue weighted by Crippen LogP contribution is -1.77. The Morgan fingerprint density at radius 2 is 0.909 bits per heavy atom. The maximum absolute atomic E-state index is 2.38. The molecule has 0 saturated heterocycles. The third kappa shape index (κ3) is 2.46. The number of hydrogen-bond donors (Lipinski definition) is 0. The fraction of sp³-hybridized carbons (Fsp3) is 0.333. The van der Waals surface area contributed by atoms with Crippen LogP contribution in [-0.4, -0.2) is 0 Å². The molecule has 0 radical (unpaired) electrons. The van der Waals surface area contributed by atoms with Crippen molar-refractivity contribution in [3.63, 3.8) is 0 Å². The van der Waals surface area contributed by atoms with Crippen LogP contribution in [-0.2, 0) is 0 Å². The summed E-state index contributed by atoms with van der Waals surface area (Å²) in [6, 6.07) is 9.53. The van der Waals surface area contributed by atoms with E-state index < -0.39 is 0 Å². The molecule has 4 aromatic heterocycles. The van der Waals surface area contributed by atoms with Crippen molar-refractivity contribution in [1.29, 1.82) is 0 Å². The Morgan fingerprint density at radius 3 is 1.23 bits per heavy atom. The Morgan fingerprint density at radius 1 is 0.545 bits per heavy atom. The molecule has 0 aliphatic heterocycles. The van der Waals surface area contributed by atoms with Crippen LogP contribution in [0, 0.1) is 0 Å². The highest BCUT2D eigenvalue weighted by Gasteiger charge is 2.14. The van der Waals surface area contributed by atoms with E-state index in [2.05, 4.69) is 52.0 Å². The second-order valence-electron chi connectivity index (χ2n) is 6.29. The molecule has 0 aliphatic rings. The Hall–Kier alpha value is -0.680. The molecule has 0 aromatic carbocycles. The first-order valence-electron chi connectivity index (χ1n) is 7.58. The molecule has 0 unspecified atom stereocenters. The summed E-state index contributed by atoms with van der Waals surface area (Å²) in [5, 5.41) is 0. The van der Waals surface area contributed by atoms with E-state index in [4.69, 9.17) is 0 Å². The summed E-state index contributed by atoms with van der Waals surface area (Å²) in [5.74, 6) is 1.27. The minimum absolute atomic E-state index is 0.634. The van der Waals surface area contributed by atoms with Crippen molar-refractivity contribution < 1.29 is 0 Å². The first kappa shape index (κ1) is 14.9. The van der Waals surface area contributed by atoms with E-state index in [0.717, 1.165) is 0 Å². The summed E-state index contributed by atoms with van der Waals surface area (Å²) in [5.41, 5.74) is 0. The first-order valence-corrected chi connectivity index (χ1v) is 10.8. The minimum Gasteiger partial charge on any atom is -0.139 e. The molecule has 4 heteroatoms. The van der Waals surface area contributed by atoms with E-state index in [1.807, 2.05) is 45.3 Å². The fourth-order valence-corrected chi connectivity index (χ4v) is 7.41. The van der Waals surface area contributed by atoms with Crippen LogP contribution in [0.15, 0.2) is 24.3 Å². The Bertz CT molecular complexity index is 801. The SMILES string of the molecule is CC(C)c1cc2sc(-c3cc4sc(C(C)C)cc4s3)cc2s1. The normalized spacial score (nSPS) is 12.5. The monoisotopic (exact) mass is 362 g/mol. The van der Waals surface area contributed by atoms with E-state index in [9.17, 15) is 0 Å². The molecular weight excluding hydrogens is 344 g/mol. The van der Waals surface area contributed by atoms with Gasteiger partial charge in [0.2, 0.25) is 0 Å². The van der Waals surface area contributed by atoms with Gasteiger partial charge in [0.1, 0.15) is 0 Å². The van der Waals surface area contributed by atoms with Crippen LogP contribution in [0.4, 0.5) is 0 Å². The van der Waals surface area contributed by atoms with E-state index in [0.29, 0.717) is 11.8 Å².